The van der Waals surface area contributed by atoms with E-state index in [2.05, 4.69) is 9.97 Å². The summed E-state index contributed by atoms with van der Waals surface area (Å²) in [7, 11) is 3.60. The van der Waals surface area contributed by atoms with Crippen molar-refractivity contribution in [1.29, 1.82) is 0 Å². The highest BCUT2D eigenvalue weighted by Crippen LogP contribution is 2.34. The first-order chi connectivity index (χ1) is 12.5. The fraction of sp³-hybridized carbons (Fsp3) is 0.158. The Balaban J connectivity index is 2.12. The van der Waals surface area contributed by atoms with E-state index in [0.717, 1.165) is 11.4 Å². The number of para-hydroxylation sites is 2. The van der Waals surface area contributed by atoms with Crippen molar-refractivity contribution in [1.82, 2.24) is 9.97 Å². The first-order valence-electron chi connectivity index (χ1n) is 8.09. The maximum absolute atomic E-state index is 11.6. The number of nitro groups is 1. The van der Waals surface area contributed by atoms with E-state index in [1.54, 1.807) is 23.8 Å². The molecule has 0 spiro atoms. The molecule has 0 fully saturated rings. The van der Waals surface area contributed by atoms with Crippen LogP contribution in [0.5, 0.6) is 0 Å². The molecule has 1 heterocycles. The van der Waals surface area contributed by atoms with Crippen molar-refractivity contribution in [2.24, 2.45) is 0 Å². The second kappa shape index (κ2) is 7.18. The first-order valence-corrected chi connectivity index (χ1v) is 8.09. The molecule has 0 bridgehead atoms. The molecular formula is C19H19N5O2. The Labute approximate surface area is 151 Å². The highest BCUT2D eigenvalue weighted by atomic mass is 16.6. The SMILES string of the molecule is Cc1nc(N(C)c2ccccc2)nc(N(C)c2ccccc2)c1[N+](=O)[O-]. The molecule has 26 heavy (non-hydrogen) atoms. The molecule has 0 radical (unpaired) electrons. The summed E-state index contributed by atoms with van der Waals surface area (Å²) in [5.41, 5.74) is 1.93. The zero-order chi connectivity index (χ0) is 18.7. The molecule has 3 aromatic rings. The molecule has 1 aromatic heterocycles. The molecule has 0 saturated carbocycles. The van der Waals surface area contributed by atoms with Crippen LogP contribution in [0.3, 0.4) is 0 Å². The molecule has 0 N–H and O–H groups in total. The van der Waals surface area contributed by atoms with Gasteiger partial charge >= 0.3 is 5.69 Å². The number of hydrogen-bond acceptors (Lipinski definition) is 6. The minimum Gasteiger partial charge on any atom is -0.324 e. The Morgan fingerprint density at radius 2 is 1.35 bits per heavy atom. The molecule has 7 nitrogen and oxygen atoms in total. The molecule has 0 aliphatic heterocycles. The fourth-order valence-corrected chi connectivity index (χ4v) is 2.68. The third-order valence-electron chi connectivity index (χ3n) is 4.12. The van der Waals surface area contributed by atoms with Crippen LogP contribution in [0.1, 0.15) is 5.69 Å². The van der Waals surface area contributed by atoms with Crippen molar-refractivity contribution in [3.05, 3.63) is 76.5 Å². The highest BCUT2D eigenvalue weighted by Gasteiger charge is 2.26. The van der Waals surface area contributed by atoms with Gasteiger partial charge in [0.15, 0.2) is 0 Å². The predicted octanol–water partition coefficient (Wildman–Crippen LogP) is 4.23. The maximum Gasteiger partial charge on any atom is 0.333 e. The molecule has 0 aliphatic rings. The lowest BCUT2D eigenvalue weighted by Gasteiger charge is -2.22. The third kappa shape index (κ3) is 3.32. The number of rotatable bonds is 5. The molecule has 7 heteroatoms. The Hall–Kier alpha value is -3.48. The topological polar surface area (TPSA) is 75.4 Å². The van der Waals surface area contributed by atoms with Crippen LogP contribution in [-0.2, 0) is 0 Å². The van der Waals surface area contributed by atoms with Crippen molar-refractivity contribution < 1.29 is 4.92 Å². The molecular weight excluding hydrogens is 330 g/mol. The summed E-state index contributed by atoms with van der Waals surface area (Å²) in [5, 5.41) is 11.6. The van der Waals surface area contributed by atoms with Gasteiger partial charge in [-0.25, -0.2) is 4.98 Å². The van der Waals surface area contributed by atoms with Gasteiger partial charge in [0.1, 0.15) is 5.69 Å². The van der Waals surface area contributed by atoms with Gasteiger partial charge in [-0.3, -0.25) is 10.1 Å². The number of anilines is 4. The van der Waals surface area contributed by atoms with Crippen LogP contribution >= 0.6 is 0 Å². The van der Waals surface area contributed by atoms with Crippen molar-refractivity contribution in [2.75, 3.05) is 23.9 Å². The summed E-state index contributed by atoms with van der Waals surface area (Å²) in [6.45, 7) is 1.63. The van der Waals surface area contributed by atoms with E-state index in [1.807, 2.05) is 67.7 Å². The van der Waals surface area contributed by atoms with E-state index in [4.69, 9.17) is 0 Å². The van der Waals surface area contributed by atoms with Gasteiger partial charge in [-0.1, -0.05) is 36.4 Å². The number of aromatic nitrogens is 2. The van der Waals surface area contributed by atoms with Crippen molar-refractivity contribution >= 4 is 28.8 Å². The van der Waals surface area contributed by atoms with Crippen molar-refractivity contribution in [3.8, 4) is 0 Å². The summed E-state index contributed by atoms with van der Waals surface area (Å²) in [6, 6.07) is 19.0. The summed E-state index contributed by atoms with van der Waals surface area (Å²) in [5.74, 6) is 0.656. The van der Waals surface area contributed by atoms with Crippen LogP contribution in [0.4, 0.5) is 28.8 Å². The predicted molar refractivity (Wildman–Crippen MR) is 102 cm³/mol. The Bertz CT molecular complexity index is 916. The molecule has 3 rings (SSSR count). The maximum atomic E-state index is 11.6. The average molecular weight is 349 g/mol. The average Bonchev–Trinajstić information content (AvgIpc) is 2.67. The lowest BCUT2D eigenvalue weighted by atomic mass is 10.2. The van der Waals surface area contributed by atoms with Gasteiger partial charge in [-0.05, 0) is 31.2 Å². The molecule has 0 saturated heterocycles. The summed E-state index contributed by atoms with van der Waals surface area (Å²) in [4.78, 5) is 23.5. The van der Waals surface area contributed by atoms with Crippen LogP contribution in [-0.4, -0.2) is 29.0 Å². The van der Waals surface area contributed by atoms with Crippen LogP contribution in [0.25, 0.3) is 0 Å². The number of aryl methyl sites for hydroxylation is 1. The van der Waals surface area contributed by atoms with Gasteiger partial charge in [0.2, 0.25) is 11.8 Å². The molecule has 0 aliphatic carbocycles. The Morgan fingerprint density at radius 3 is 1.85 bits per heavy atom. The molecule has 132 valence electrons. The van der Waals surface area contributed by atoms with Gasteiger partial charge in [-0.15, -0.1) is 0 Å². The zero-order valence-corrected chi connectivity index (χ0v) is 14.8. The zero-order valence-electron chi connectivity index (χ0n) is 14.8. The summed E-state index contributed by atoms with van der Waals surface area (Å²) < 4.78 is 0. The largest absolute Gasteiger partial charge is 0.333 e. The minimum absolute atomic E-state index is 0.0958. The molecule has 0 unspecified atom stereocenters. The molecule has 2 aromatic carbocycles. The Morgan fingerprint density at radius 1 is 0.846 bits per heavy atom. The summed E-state index contributed by atoms with van der Waals surface area (Å²) in [6.07, 6.45) is 0. The number of nitrogens with zero attached hydrogens (tertiary/aromatic N) is 5. The van der Waals surface area contributed by atoms with E-state index in [9.17, 15) is 10.1 Å². The lowest BCUT2D eigenvalue weighted by Crippen LogP contribution is -2.19. The van der Waals surface area contributed by atoms with Crippen molar-refractivity contribution in [3.63, 3.8) is 0 Å². The van der Waals surface area contributed by atoms with Gasteiger partial charge in [0.25, 0.3) is 0 Å². The van der Waals surface area contributed by atoms with Crippen LogP contribution in [0.15, 0.2) is 60.7 Å². The smallest absolute Gasteiger partial charge is 0.324 e. The van der Waals surface area contributed by atoms with E-state index < -0.39 is 4.92 Å². The van der Waals surface area contributed by atoms with Crippen LogP contribution in [0.2, 0.25) is 0 Å². The first kappa shape index (κ1) is 17.3. The minimum atomic E-state index is -0.434. The summed E-state index contributed by atoms with van der Waals surface area (Å²) >= 11 is 0. The second-order valence-electron chi connectivity index (χ2n) is 5.83. The third-order valence-corrected chi connectivity index (χ3v) is 4.12. The van der Waals surface area contributed by atoms with E-state index in [1.165, 1.54) is 0 Å². The monoisotopic (exact) mass is 349 g/mol. The number of hydrogen-bond donors (Lipinski definition) is 0. The van der Waals surface area contributed by atoms with Crippen LogP contribution in [0, 0.1) is 17.0 Å². The van der Waals surface area contributed by atoms with Crippen molar-refractivity contribution in [2.45, 2.75) is 6.92 Å². The molecule has 0 amide bonds. The fourth-order valence-electron chi connectivity index (χ4n) is 2.68. The van der Waals surface area contributed by atoms with Crippen LogP contribution < -0.4 is 9.80 Å². The standard InChI is InChI=1S/C19H19N5O2/c1-14-17(24(25)26)18(22(2)15-10-6-4-7-11-15)21-19(20-14)23(3)16-12-8-5-9-13-16/h4-13H,1-3H3. The van der Waals surface area contributed by atoms with Gasteiger partial charge in [-0.2, -0.15) is 4.98 Å². The van der Waals surface area contributed by atoms with Gasteiger partial charge < -0.3 is 9.80 Å². The van der Waals surface area contributed by atoms with E-state index in [0.29, 0.717) is 11.6 Å². The van der Waals surface area contributed by atoms with E-state index in [-0.39, 0.29) is 11.5 Å². The van der Waals surface area contributed by atoms with E-state index >= 15 is 0 Å². The normalized spacial score (nSPS) is 10.4. The highest BCUT2D eigenvalue weighted by molar-refractivity contribution is 5.71. The Kier molecular flexibility index (Phi) is 4.79. The quantitative estimate of drug-likeness (QED) is 0.507. The lowest BCUT2D eigenvalue weighted by molar-refractivity contribution is -0.385. The molecule has 0 atom stereocenters. The second-order valence-corrected chi connectivity index (χ2v) is 5.83. The van der Waals surface area contributed by atoms with Gasteiger partial charge in [0, 0.05) is 25.5 Å². The van der Waals surface area contributed by atoms with Gasteiger partial charge in [0.05, 0.1) is 4.92 Å². The number of benzene rings is 2.